The average molecular weight is 298 g/mol. The lowest BCUT2D eigenvalue weighted by atomic mass is 9.99. The van der Waals surface area contributed by atoms with Crippen LogP contribution in [0, 0.1) is 0 Å². The van der Waals surface area contributed by atoms with Crippen LogP contribution >= 0.6 is 0 Å². The maximum atomic E-state index is 2.46. The molecule has 0 aromatic carbocycles. The lowest BCUT2D eigenvalue weighted by molar-refractivity contribution is 0.251. The van der Waals surface area contributed by atoms with Gasteiger partial charge in [-0.1, -0.05) is 97.3 Å². The van der Waals surface area contributed by atoms with E-state index in [1.165, 1.54) is 96.3 Å². The molecule has 1 heteroatoms. The summed E-state index contributed by atoms with van der Waals surface area (Å²) in [6.45, 7) is 4.59. The summed E-state index contributed by atoms with van der Waals surface area (Å²) < 4.78 is 0. The molecule has 1 nitrogen and oxygen atoms in total. The first kappa shape index (κ1) is 21.0. The highest BCUT2D eigenvalue weighted by Gasteiger charge is 2.10. The zero-order valence-corrected chi connectivity index (χ0v) is 15.6. The Bertz CT molecular complexity index is 188. The van der Waals surface area contributed by atoms with Crippen molar-refractivity contribution in [2.75, 3.05) is 14.1 Å². The van der Waals surface area contributed by atoms with Crippen LogP contribution in [-0.2, 0) is 0 Å². The molecule has 1 atom stereocenters. The van der Waals surface area contributed by atoms with E-state index in [-0.39, 0.29) is 0 Å². The van der Waals surface area contributed by atoms with Gasteiger partial charge < -0.3 is 4.90 Å². The highest BCUT2D eigenvalue weighted by molar-refractivity contribution is 4.66. The lowest BCUT2D eigenvalue weighted by Crippen LogP contribution is -2.27. The monoisotopic (exact) mass is 297 g/mol. The molecule has 0 aliphatic rings. The van der Waals surface area contributed by atoms with Crippen LogP contribution in [-0.4, -0.2) is 25.0 Å². The Morgan fingerprint density at radius 3 is 1.19 bits per heavy atom. The fourth-order valence-corrected chi connectivity index (χ4v) is 3.16. The van der Waals surface area contributed by atoms with E-state index in [0.29, 0.717) is 0 Å². The molecule has 0 heterocycles. The smallest absolute Gasteiger partial charge is 0.00891 e. The van der Waals surface area contributed by atoms with Crippen molar-refractivity contribution >= 4 is 0 Å². The van der Waals surface area contributed by atoms with Crippen molar-refractivity contribution in [2.24, 2.45) is 0 Å². The van der Waals surface area contributed by atoms with Gasteiger partial charge in [0.25, 0.3) is 0 Å². The van der Waals surface area contributed by atoms with Crippen molar-refractivity contribution in [2.45, 2.75) is 116 Å². The Balaban J connectivity index is 3.50. The van der Waals surface area contributed by atoms with E-state index in [1.807, 2.05) is 0 Å². The third-order valence-electron chi connectivity index (χ3n) is 4.76. The predicted molar refractivity (Wildman–Crippen MR) is 98.1 cm³/mol. The third kappa shape index (κ3) is 14.7. The Morgan fingerprint density at radius 2 is 0.857 bits per heavy atom. The van der Waals surface area contributed by atoms with Gasteiger partial charge in [-0.15, -0.1) is 0 Å². The van der Waals surface area contributed by atoms with E-state index in [9.17, 15) is 0 Å². The molecular formula is C20H43N. The van der Waals surface area contributed by atoms with Crippen LogP contribution in [0.1, 0.15) is 110 Å². The van der Waals surface area contributed by atoms with Gasteiger partial charge in [0.1, 0.15) is 0 Å². The van der Waals surface area contributed by atoms with E-state index in [4.69, 9.17) is 0 Å². The summed E-state index contributed by atoms with van der Waals surface area (Å²) in [4.78, 5) is 2.46. The quantitative estimate of drug-likeness (QED) is 0.283. The highest BCUT2D eigenvalue weighted by Crippen LogP contribution is 2.17. The van der Waals surface area contributed by atoms with Gasteiger partial charge in [0.2, 0.25) is 0 Å². The van der Waals surface area contributed by atoms with E-state index in [2.05, 4.69) is 32.8 Å². The maximum Gasteiger partial charge on any atom is 0.00891 e. The zero-order valence-electron chi connectivity index (χ0n) is 15.6. The van der Waals surface area contributed by atoms with Gasteiger partial charge in [-0.2, -0.15) is 0 Å². The summed E-state index contributed by atoms with van der Waals surface area (Å²) in [6, 6.07) is 0.826. The second kappa shape index (κ2) is 16.3. The summed E-state index contributed by atoms with van der Waals surface area (Å²) in [5.74, 6) is 0. The van der Waals surface area contributed by atoms with Gasteiger partial charge in [0.15, 0.2) is 0 Å². The SMILES string of the molecule is CCCCCCCCCC(CCCCCCCC)N(C)C. The number of nitrogens with zero attached hydrogens (tertiary/aromatic N) is 1. The molecule has 0 saturated heterocycles. The first-order valence-electron chi connectivity index (χ1n) is 9.88. The maximum absolute atomic E-state index is 2.46. The number of hydrogen-bond donors (Lipinski definition) is 0. The topological polar surface area (TPSA) is 3.24 Å². The van der Waals surface area contributed by atoms with Gasteiger partial charge in [-0.25, -0.2) is 0 Å². The Labute approximate surface area is 135 Å². The summed E-state index contributed by atoms with van der Waals surface area (Å²) in [6.07, 6.45) is 21.4. The van der Waals surface area contributed by atoms with Gasteiger partial charge in [0, 0.05) is 6.04 Å². The Kier molecular flexibility index (Phi) is 16.3. The number of rotatable bonds is 16. The van der Waals surface area contributed by atoms with E-state index in [0.717, 1.165) is 6.04 Å². The van der Waals surface area contributed by atoms with Crippen molar-refractivity contribution in [3.05, 3.63) is 0 Å². The van der Waals surface area contributed by atoms with Crippen LogP contribution in [0.3, 0.4) is 0 Å². The molecule has 0 spiro atoms. The normalized spacial score (nSPS) is 13.0. The van der Waals surface area contributed by atoms with Crippen LogP contribution in [0.5, 0.6) is 0 Å². The van der Waals surface area contributed by atoms with Crippen LogP contribution in [0.25, 0.3) is 0 Å². The average Bonchev–Trinajstić information content (AvgIpc) is 2.47. The van der Waals surface area contributed by atoms with Crippen molar-refractivity contribution in [1.82, 2.24) is 4.90 Å². The first-order chi connectivity index (χ1) is 10.2. The molecule has 0 N–H and O–H groups in total. The van der Waals surface area contributed by atoms with Gasteiger partial charge >= 0.3 is 0 Å². The van der Waals surface area contributed by atoms with Crippen molar-refractivity contribution in [3.63, 3.8) is 0 Å². The minimum absolute atomic E-state index is 0.826. The molecule has 0 radical (unpaired) electrons. The van der Waals surface area contributed by atoms with E-state index >= 15 is 0 Å². The molecule has 0 amide bonds. The lowest BCUT2D eigenvalue weighted by Gasteiger charge is -2.24. The van der Waals surface area contributed by atoms with Crippen molar-refractivity contribution < 1.29 is 0 Å². The Morgan fingerprint density at radius 1 is 0.524 bits per heavy atom. The largest absolute Gasteiger partial charge is 0.306 e. The first-order valence-corrected chi connectivity index (χ1v) is 9.88. The predicted octanol–water partition coefficient (Wildman–Crippen LogP) is 6.81. The molecule has 0 bridgehead atoms. The van der Waals surface area contributed by atoms with E-state index in [1.54, 1.807) is 0 Å². The molecule has 0 saturated carbocycles. The van der Waals surface area contributed by atoms with Crippen molar-refractivity contribution in [3.8, 4) is 0 Å². The summed E-state index contributed by atoms with van der Waals surface area (Å²) in [7, 11) is 4.53. The summed E-state index contributed by atoms with van der Waals surface area (Å²) in [5.41, 5.74) is 0. The molecule has 0 rings (SSSR count). The molecule has 128 valence electrons. The van der Waals surface area contributed by atoms with Gasteiger partial charge in [-0.3, -0.25) is 0 Å². The van der Waals surface area contributed by atoms with Gasteiger partial charge in [0.05, 0.1) is 0 Å². The molecule has 0 aromatic heterocycles. The van der Waals surface area contributed by atoms with Crippen LogP contribution in [0.4, 0.5) is 0 Å². The van der Waals surface area contributed by atoms with Crippen LogP contribution in [0.2, 0.25) is 0 Å². The number of hydrogen-bond acceptors (Lipinski definition) is 1. The fraction of sp³-hybridized carbons (Fsp3) is 1.00. The van der Waals surface area contributed by atoms with Crippen LogP contribution < -0.4 is 0 Å². The molecule has 1 unspecified atom stereocenters. The third-order valence-corrected chi connectivity index (χ3v) is 4.76. The Hall–Kier alpha value is -0.0400. The number of unbranched alkanes of at least 4 members (excludes halogenated alkanes) is 11. The molecular weight excluding hydrogens is 254 g/mol. The molecule has 0 aliphatic heterocycles. The zero-order chi connectivity index (χ0) is 15.8. The van der Waals surface area contributed by atoms with Crippen LogP contribution in [0.15, 0.2) is 0 Å². The standard InChI is InChI=1S/C20H43N/c1-5-7-9-11-13-15-17-19-20(21(3)4)18-16-14-12-10-8-6-2/h20H,5-19H2,1-4H3. The second-order valence-electron chi connectivity index (χ2n) is 7.08. The summed E-state index contributed by atoms with van der Waals surface area (Å²) in [5, 5.41) is 0. The second-order valence-corrected chi connectivity index (χ2v) is 7.08. The molecule has 0 aromatic rings. The molecule has 0 aliphatic carbocycles. The van der Waals surface area contributed by atoms with Gasteiger partial charge in [-0.05, 0) is 26.9 Å². The fourth-order valence-electron chi connectivity index (χ4n) is 3.16. The minimum atomic E-state index is 0.826. The highest BCUT2D eigenvalue weighted by atomic mass is 15.1. The summed E-state index contributed by atoms with van der Waals surface area (Å²) >= 11 is 0. The molecule has 0 fully saturated rings. The van der Waals surface area contributed by atoms with E-state index < -0.39 is 0 Å². The van der Waals surface area contributed by atoms with Crippen molar-refractivity contribution in [1.29, 1.82) is 0 Å². The minimum Gasteiger partial charge on any atom is -0.306 e. The molecule has 21 heavy (non-hydrogen) atoms.